The molecule has 0 N–H and O–H groups in total. The molecule has 0 aliphatic carbocycles. The molecule has 2 aliphatic heterocycles. The van der Waals surface area contributed by atoms with E-state index in [4.69, 9.17) is 9.47 Å². The molecule has 1 aromatic heterocycles. The van der Waals surface area contributed by atoms with Gasteiger partial charge in [-0.05, 0) is 31.5 Å². The maximum absolute atomic E-state index is 12.6. The minimum Gasteiger partial charge on any atom is -0.488 e. The predicted octanol–water partition coefficient (Wildman–Crippen LogP) is 2.50. The third kappa shape index (κ3) is 3.89. The summed E-state index contributed by atoms with van der Waals surface area (Å²) in [5.74, 6) is -0.176. The van der Waals surface area contributed by atoms with Gasteiger partial charge in [-0.15, -0.1) is 11.3 Å². The molecule has 29 heavy (non-hydrogen) atoms. The summed E-state index contributed by atoms with van der Waals surface area (Å²) in [4.78, 5) is 28.0. The van der Waals surface area contributed by atoms with Gasteiger partial charge in [-0.25, -0.2) is 13.2 Å². The van der Waals surface area contributed by atoms with E-state index in [-0.39, 0.29) is 17.5 Å². The molecule has 0 bridgehead atoms. The van der Waals surface area contributed by atoms with Crippen LogP contribution in [-0.4, -0.2) is 55.9 Å². The van der Waals surface area contributed by atoms with Gasteiger partial charge in [0.1, 0.15) is 17.2 Å². The van der Waals surface area contributed by atoms with Gasteiger partial charge in [0.05, 0.1) is 11.5 Å². The van der Waals surface area contributed by atoms with E-state index in [0.29, 0.717) is 17.9 Å². The third-order valence-electron chi connectivity index (χ3n) is 5.26. The lowest BCUT2D eigenvalue weighted by atomic mass is 10.1. The maximum atomic E-state index is 12.6. The van der Waals surface area contributed by atoms with E-state index in [1.54, 1.807) is 13.1 Å². The standard InChI is InChI=1S/C20H21NO6S2/c1-12(19(22)21(2)14-7-8-29(24,25)11-14)27-20(23)17-9-13-10-26-16-6-4-3-5-15(16)18(13)28-17/h3-6,9,12,14H,7-8,10-11H2,1-2H3/t12-,14+/m0/s1. The Morgan fingerprint density at radius 1 is 1.31 bits per heavy atom. The Labute approximate surface area is 173 Å². The Bertz CT molecular complexity index is 1070. The summed E-state index contributed by atoms with van der Waals surface area (Å²) in [6, 6.07) is 8.99. The lowest BCUT2D eigenvalue weighted by Gasteiger charge is -2.26. The molecule has 1 fully saturated rings. The first kappa shape index (κ1) is 19.9. The number of ether oxygens (including phenoxy) is 2. The zero-order valence-electron chi connectivity index (χ0n) is 16.1. The zero-order chi connectivity index (χ0) is 20.8. The average Bonchev–Trinajstić information content (AvgIpc) is 3.30. The number of rotatable bonds is 4. The van der Waals surface area contributed by atoms with Crippen molar-refractivity contribution in [3.05, 3.63) is 40.8 Å². The van der Waals surface area contributed by atoms with Crippen molar-refractivity contribution in [2.75, 3.05) is 18.6 Å². The number of likely N-dealkylation sites (N-methyl/N-ethyl adjacent to an activating group) is 1. The second-order valence-corrected chi connectivity index (χ2v) is 10.6. The van der Waals surface area contributed by atoms with Gasteiger partial charge in [0.25, 0.3) is 5.91 Å². The number of sulfone groups is 1. The molecule has 4 rings (SSSR count). The van der Waals surface area contributed by atoms with E-state index >= 15 is 0 Å². The normalized spacial score (nSPS) is 20.1. The van der Waals surface area contributed by atoms with E-state index in [9.17, 15) is 18.0 Å². The van der Waals surface area contributed by atoms with E-state index in [1.807, 2.05) is 24.3 Å². The highest BCUT2D eigenvalue weighted by Crippen LogP contribution is 2.42. The highest BCUT2D eigenvalue weighted by molar-refractivity contribution is 7.91. The van der Waals surface area contributed by atoms with Crippen molar-refractivity contribution in [1.82, 2.24) is 4.90 Å². The quantitative estimate of drug-likeness (QED) is 0.686. The number of hydrogen-bond acceptors (Lipinski definition) is 7. The number of amides is 1. The number of thiophene rings is 1. The van der Waals surface area contributed by atoms with E-state index < -0.39 is 27.8 Å². The van der Waals surface area contributed by atoms with Crippen molar-refractivity contribution < 1.29 is 27.5 Å². The van der Waals surface area contributed by atoms with Crippen LogP contribution in [0.2, 0.25) is 0 Å². The molecule has 3 heterocycles. The van der Waals surface area contributed by atoms with Crippen molar-refractivity contribution in [2.24, 2.45) is 0 Å². The number of fused-ring (bicyclic) bond motifs is 3. The molecule has 1 amide bonds. The minimum absolute atomic E-state index is 0.0487. The number of esters is 1. The molecule has 2 atom stereocenters. The van der Waals surface area contributed by atoms with Crippen LogP contribution < -0.4 is 4.74 Å². The van der Waals surface area contributed by atoms with Crippen LogP contribution in [0.25, 0.3) is 10.4 Å². The Morgan fingerprint density at radius 3 is 2.79 bits per heavy atom. The Balaban J connectivity index is 1.45. The van der Waals surface area contributed by atoms with Crippen LogP contribution in [0, 0.1) is 0 Å². The largest absolute Gasteiger partial charge is 0.488 e. The molecule has 154 valence electrons. The summed E-state index contributed by atoms with van der Waals surface area (Å²) < 4.78 is 34.4. The topological polar surface area (TPSA) is 90.0 Å². The van der Waals surface area contributed by atoms with Crippen molar-refractivity contribution >= 4 is 33.1 Å². The highest BCUT2D eigenvalue weighted by Gasteiger charge is 2.35. The Kier molecular flexibility index (Phi) is 5.12. The van der Waals surface area contributed by atoms with Crippen LogP contribution >= 0.6 is 11.3 Å². The molecule has 9 heteroatoms. The van der Waals surface area contributed by atoms with Gasteiger partial charge in [0.2, 0.25) is 0 Å². The monoisotopic (exact) mass is 435 g/mol. The SMILES string of the molecule is C[C@H](OC(=O)c1cc2c(s1)-c1ccccc1OC2)C(=O)N(C)[C@@H]1CCS(=O)(=O)C1. The number of nitrogens with zero attached hydrogens (tertiary/aromatic N) is 1. The van der Waals surface area contributed by atoms with Crippen molar-refractivity contribution in [1.29, 1.82) is 0 Å². The number of hydrogen-bond donors (Lipinski definition) is 0. The van der Waals surface area contributed by atoms with Crippen LogP contribution in [0.1, 0.15) is 28.6 Å². The van der Waals surface area contributed by atoms with Crippen LogP contribution in [0.4, 0.5) is 0 Å². The first-order chi connectivity index (χ1) is 13.7. The summed E-state index contributed by atoms with van der Waals surface area (Å²) in [6.07, 6.45) is -0.596. The molecule has 7 nitrogen and oxygen atoms in total. The van der Waals surface area contributed by atoms with Crippen molar-refractivity contribution in [3.63, 3.8) is 0 Å². The van der Waals surface area contributed by atoms with Crippen molar-refractivity contribution in [3.8, 4) is 16.2 Å². The molecule has 0 unspecified atom stereocenters. The van der Waals surface area contributed by atoms with Crippen LogP contribution in [-0.2, 0) is 26.0 Å². The van der Waals surface area contributed by atoms with E-state index in [1.165, 1.54) is 23.2 Å². The molecule has 1 aromatic carbocycles. The minimum atomic E-state index is -3.10. The second kappa shape index (κ2) is 7.46. The molecule has 2 aromatic rings. The van der Waals surface area contributed by atoms with Gasteiger partial charge in [0, 0.05) is 29.1 Å². The summed E-state index contributed by atoms with van der Waals surface area (Å²) >= 11 is 1.31. The van der Waals surface area contributed by atoms with Gasteiger partial charge in [-0.1, -0.05) is 12.1 Å². The first-order valence-electron chi connectivity index (χ1n) is 9.28. The van der Waals surface area contributed by atoms with Gasteiger partial charge < -0.3 is 14.4 Å². The smallest absolute Gasteiger partial charge is 0.349 e. The number of para-hydroxylation sites is 1. The van der Waals surface area contributed by atoms with Crippen LogP contribution in [0.3, 0.4) is 0 Å². The molecular formula is C20H21NO6S2. The molecule has 0 saturated carbocycles. The lowest BCUT2D eigenvalue weighted by molar-refractivity contribution is -0.140. The Morgan fingerprint density at radius 2 is 2.07 bits per heavy atom. The van der Waals surface area contributed by atoms with Gasteiger partial charge in [-0.3, -0.25) is 4.79 Å². The molecule has 2 aliphatic rings. The number of carbonyl (C=O) groups is 2. The second-order valence-electron chi connectivity index (χ2n) is 7.30. The Hall–Kier alpha value is -2.39. The molecule has 0 radical (unpaired) electrons. The predicted molar refractivity (Wildman–Crippen MR) is 109 cm³/mol. The van der Waals surface area contributed by atoms with Gasteiger partial charge in [-0.2, -0.15) is 0 Å². The average molecular weight is 436 g/mol. The van der Waals surface area contributed by atoms with E-state index in [0.717, 1.165) is 21.8 Å². The molecule has 0 spiro atoms. The summed E-state index contributed by atoms with van der Waals surface area (Å²) in [5.41, 5.74) is 1.84. The molecule has 1 saturated heterocycles. The van der Waals surface area contributed by atoms with E-state index in [2.05, 4.69) is 0 Å². The zero-order valence-corrected chi connectivity index (χ0v) is 17.7. The fourth-order valence-electron chi connectivity index (χ4n) is 3.62. The maximum Gasteiger partial charge on any atom is 0.349 e. The van der Waals surface area contributed by atoms with Gasteiger partial charge >= 0.3 is 5.97 Å². The highest BCUT2D eigenvalue weighted by atomic mass is 32.2. The van der Waals surface area contributed by atoms with Crippen LogP contribution in [0.15, 0.2) is 30.3 Å². The molecular weight excluding hydrogens is 414 g/mol. The summed E-state index contributed by atoms with van der Waals surface area (Å²) in [6.45, 7) is 1.88. The summed E-state index contributed by atoms with van der Waals surface area (Å²) in [5, 5.41) is 0. The van der Waals surface area contributed by atoms with Gasteiger partial charge in [0.15, 0.2) is 15.9 Å². The fourth-order valence-corrected chi connectivity index (χ4v) is 6.47. The lowest BCUT2D eigenvalue weighted by Crippen LogP contribution is -2.44. The fraction of sp³-hybridized carbons (Fsp3) is 0.400. The summed E-state index contributed by atoms with van der Waals surface area (Å²) in [7, 11) is -1.55. The third-order valence-corrected chi connectivity index (χ3v) is 8.20. The first-order valence-corrected chi connectivity index (χ1v) is 11.9. The van der Waals surface area contributed by atoms with Crippen molar-refractivity contribution in [2.45, 2.75) is 32.1 Å². The number of benzene rings is 1. The number of carbonyl (C=O) groups excluding carboxylic acids is 2. The van der Waals surface area contributed by atoms with Crippen LogP contribution in [0.5, 0.6) is 5.75 Å².